The smallest absolute Gasteiger partial charge is 0.306 e. The molecule has 3 aromatic heterocycles. The van der Waals surface area contributed by atoms with Crippen molar-refractivity contribution in [3.05, 3.63) is 51.0 Å². The molecule has 0 saturated heterocycles. The summed E-state index contributed by atoms with van der Waals surface area (Å²) >= 11 is 1.09. The zero-order valence-electron chi connectivity index (χ0n) is 9.20. The number of fused-ring (bicyclic) bond motifs is 1. The van der Waals surface area contributed by atoms with Crippen LogP contribution in [0.25, 0.3) is 5.65 Å². The molecule has 0 unspecified atom stereocenters. The topological polar surface area (TPSA) is 52.2 Å². The standard InChI is InChI=1S/C11H10N4OS/c1-8-2-3-10-13-9(5-14(10)4-8)6-15-11(16)17-7-12-15/h2-5,7H,6H2,1H3. The Morgan fingerprint density at radius 3 is 3.00 bits per heavy atom. The lowest BCUT2D eigenvalue weighted by Crippen LogP contribution is -2.15. The molecule has 0 aliphatic heterocycles. The Bertz CT molecular complexity index is 724. The molecule has 0 saturated carbocycles. The van der Waals surface area contributed by atoms with Gasteiger partial charge >= 0.3 is 4.87 Å². The summed E-state index contributed by atoms with van der Waals surface area (Å²) in [6.45, 7) is 2.45. The highest BCUT2D eigenvalue weighted by Gasteiger charge is 2.05. The first-order valence-electron chi connectivity index (χ1n) is 5.17. The van der Waals surface area contributed by atoms with Crippen LogP contribution >= 0.6 is 11.3 Å². The quantitative estimate of drug-likeness (QED) is 0.685. The van der Waals surface area contributed by atoms with E-state index in [1.54, 1.807) is 5.51 Å². The Labute approximate surface area is 101 Å². The Morgan fingerprint density at radius 2 is 2.24 bits per heavy atom. The maximum absolute atomic E-state index is 11.4. The van der Waals surface area contributed by atoms with E-state index in [4.69, 9.17) is 0 Å². The Hall–Kier alpha value is -1.95. The minimum Gasteiger partial charge on any atom is -0.306 e. The fourth-order valence-corrected chi connectivity index (χ4v) is 2.21. The van der Waals surface area contributed by atoms with Gasteiger partial charge < -0.3 is 4.40 Å². The Kier molecular flexibility index (Phi) is 2.29. The molecule has 0 radical (unpaired) electrons. The molecule has 6 heteroatoms. The van der Waals surface area contributed by atoms with Gasteiger partial charge in [-0.1, -0.05) is 17.4 Å². The molecule has 3 aromatic rings. The molecule has 0 aromatic carbocycles. The number of hydrogen-bond donors (Lipinski definition) is 0. The third kappa shape index (κ3) is 1.87. The molecular formula is C11H10N4OS. The lowest BCUT2D eigenvalue weighted by atomic mass is 10.3. The van der Waals surface area contributed by atoms with Crippen LogP contribution in [0.5, 0.6) is 0 Å². The third-order valence-corrected chi connectivity index (χ3v) is 3.12. The largest absolute Gasteiger partial charge is 0.325 e. The molecule has 0 bridgehead atoms. The predicted molar refractivity (Wildman–Crippen MR) is 65.4 cm³/mol. The minimum atomic E-state index is -0.0572. The van der Waals surface area contributed by atoms with Crippen molar-refractivity contribution >= 4 is 17.0 Å². The van der Waals surface area contributed by atoms with Crippen molar-refractivity contribution in [2.24, 2.45) is 0 Å². The number of aromatic nitrogens is 4. The zero-order valence-corrected chi connectivity index (χ0v) is 10.0. The Balaban J connectivity index is 2.01. The van der Waals surface area contributed by atoms with Crippen molar-refractivity contribution in [1.29, 1.82) is 0 Å². The molecule has 0 fully saturated rings. The summed E-state index contributed by atoms with van der Waals surface area (Å²) in [6, 6.07) is 3.98. The van der Waals surface area contributed by atoms with E-state index in [0.717, 1.165) is 22.7 Å². The van der Waals surface area contributed by atoms with Crippen molar-refractivity contribution in [2.75, 3.05) is 0 Å². The van der Waals surface area contributed by atoms with Gasteiger partial charge in [0.25, 0.3) is 0 Å². The average Bonchev–Trinajstić information content (AvgIpc) is 2.85. The minimum absolute atomic E-state index is 0.0572. The van der Waals surface area contributed by atoms with Gasteiger partial charge in [-0.25, -0.2) is 9.67 Å². The molecule has 3 heterocycles. The lowest BCUT2D eigenvalue weighted by Gasteiger charge is -1.93. The van der Waals surface area contributed by atoms with Crippen LogP contribution in [-0.4, -0.2) is 19.2 Å². The van der Waals surface area contributed by atoms with Crippen LogP contribution in [0.15, 0.2) is 34.8 Å². The lowest BCUT2D eigenvalue weighted by molar-refractivity contribution is 0.656. The number of imidazole rings is 1. The monoisotopic (exact) mass is 246 g/mol. The van der Waals surface area contributed by atoms with E-state index in [2.05, 4.69) is 10.1 Å². The van der Waals surface area contributed by atoms with Gasteiger partial charge in [0, 0.05) is 12.4 Å². The number of nitrogens with zero attached hydrogens (tertiary/aromatic N) is 4. The van der Waals surface area contributed by atoms with E-state index in [0.29, 0.717) is 6.54 Å². The molecule has 0 N–H and O–H groups in total. The van der Waals surface area contributed by atoms with Gasteiger partial charge in [-0.3, -0.25) is 4.79 Å². The molecule has 17 heavy (non-hydrogen) atoms. The first kappa shape index (κ1) is 10.2. The van der Waals surface area contributed by atoms with Crippen LogP contribution in [0.2, 0.25) is 0 Å². The first-order valence-corrected chi connectivity index (χ1v) is 6.05. The van der Waals surface area contributed by atoms with Crippen LogP contribution in [0.1, 0.15) is 11.3 Å². The van der Waals surface area contributed by atoms with Crippen LogP contribution in [0, 0.1) is 6.92 Å². The summed E-state index contributed by atoms with van der Waals surface area (Å²) in [5.74, 6) is 0. The van der Waals surface area contributed by atoms with Crippen molar-refractivity contribution in [3.63, 3.8) is 0 Å². The fourth-order valence-electron chi connectivity index (χ4n) is 1.72. The van der Waals surface area contributed by atoms with Gasteiger partial charge in [-0.15, -0.1) is 0 Å². The van der Waals surface area contributed by atoms with Crippen molar-refractivity contribution in [2.45, 2.75) is 13.5 Å². The SMILES string of the molecule is Cc1ccc2nc(Cn3ncsc3=O)cn2c1. The van der Waals surface area contributed by atoms with E-state index in [9.17, 15) is 4.79 Å². The number of hydrogen-bond acceptors (Lipinski definition) is 4. The van der Waals surface area contributed by atoms with Crippen molar-refractivity contribution in [3.8, 4) is 0 Å². The van der Waals surface area contributed by atoms with Crippen LogP contribution in [0.3, 0.4) is 0 Å². The summed E-state index contributed by atoms with van der Waals surface area (Å²) in [7, 11) is 0. The molecule has 0 aliphatic carbocycles. The molecule has 3 rings (SSSR count). The summed E-state index contributed by atoms with van der Waals surface area (Å²) in [4.78, 5) is 15.8. The van der Waals surface area contributed by atoms with Crippen molar-refractivity contribution < 1.29 is 0 Å². The summed E-state index contributed by atoms with van der Waals surface area (Å²) in [6.07, 6.45) is 3.93. The fraction of sp³-hybridized carbons (Fsp3) is 0.182. The second-order valence-corrected chi connectivity index (χ2v) is 4.66. The second-order valence-electron chi connectivity index (χ2n) is 3.87. The van der Waals surface area contributed by atoms with Crippen molar-refractivity contribution in [1.82, 2.24) is 19.2 Å². The molecule has 0 amide bonds. The van der Waals surface area contributed by atoms with E-state index >= 15 is 0 Å². The second kappa shape index (κ2) is 3.81. The number of aryl methyl sites for hydroxylation is 1. The van der Waals surface area contributed by atoms with Gasteiger partial charge in [0.1, 0.15) is 11.2 Å². The van der Waals surface area contributed by atoms with Gasteiger partial charge in [0.05, 0.1) is 12.2 Å². The van der Waals surface area contributed by atoms with Crippen LogP contribution in [0.4, 0.5) is 0 Å². The van der Waals surface area contributed by atoms with Crippen LogP contribution < -0.4 is 4.87 Å². The van der Waals surface area contributed by atoms with Gasteiger partial charge in [0.2, 0.25) is 0 Å². The highest BCUT2D eigenvalue weighted by molar-refractivity contribution is 7.06. The van der Waals surface area contributed by atoms with Gasteiger partial charge in [-0.05, 0) is 18.6 Å². The average molecular weight is 246 g/mol. The third-order valence-electron chi connectivity index (χ3n) is 2.51. The maximum atomic E-state index is 11.4. The highest BCUT2D eigenvalue weighted by Crippen LogP contribution is 2.07. The highest BCUT2D eigenvalue weighted by atomic mass is 32.1. The maximum Gasteiger partial charge on any atom is 0.325 e. The van der Waals surface area contributed by atoms with Crippen LogP contribution in [-0.2, 0) is 6.54 Å². The summed E-state index contributed by atoms with van der Waals surface area (Å²) < 4.78 is 3.38. The summed E-state index contributed by atoms with van der Waals surface area (Å²) in [5.41, 5.74) is 4.44. The molecule has 0 atom stereocenters. The van der Waals surface area contributed by atoms with Gasteiger partial charge in [-0.2, -0.15) is 5.10 Å². The van der Waals surface area contributed by atoms with Gasteiger partial charge in [0.15, 0.2) is 0 Å². The molecule has 0 spiro atoms. The summed E-state index contributed by atoms with van der Waals surface area (Å²) in [5, 5.41) is 3.97. The van der Waals surface area contributed by atoms with E-state index < -0.39 is 0 Å². The Morgan fingerprint density at radius 1 is 1.35 bits per heavy atom. The number of rotatable bonds is 2. The predicted octanol–water partition coefficient (Wildman–Crippen LogP) is 1.31. The molecular weight excluding hydrogens is 236 g/mol. The van der Waals surface area contributed by atoms with E-state index in [1.807, 2.05) is 35.9 Å². The zero-order chi connectivity index (χ0) is 11.8. The van der Waals surface area contributed by atoms with E-state index in [1.165, 1.54) is 10.2 Å². The molecule has 5 nitrogen and oxygen atoms in total. The first-order chi connectivity index (χ1) is 8.22. The molecule has 86 valence electrons. The van der Waals surface area contributed by atoms with E-state index in [-0.39, 0.29) is 4.87 Å². The molecule has 0 aliphatic rings. The normalized spacial score (nSPS) is 11.1. The number of pyridine rings is 1.